The molecule has 0 atom stereocenters. The maximum atomic E-state index is 12.5. The third kappa shape index (κ3) is 4.21. The lowest BCUT2D eigenvalue weighted by Crippen LogP contribution is -1.93. The molecule has 3 aromatic rings. The molecule has 0 bridgehead atoms. The molecule has 27 heavy (non-hydrogen) atoms. The number of aryl methyl sites for hydroxylation is 1. The van der Waals surface area contributed by atoms with Gasteiger partial charge in [-0.1, -0.05) is 23.7 Å². The molecule has 0 saturated carbocycles. The summed E-state index contributed by atoms with van der Waals surface area (Å²) in [6.07, 6.45) is 2.86. The standard InChI is InChI=1S/C19H13ClN2O4S/c1-11-18(27-19(21-11)13-4-6-14(23)7-5-13)17(24)9-3-12-2-8-15(20)16(10-12)22(25)26/h2-10,23H,1H3/b9-3+. The van der Waals surface area contributed by atoms with E-state index < -0.39 is 4.92 Å². The molecule has 0 aliphatic carbocycles. The minimum Gasteiger partial charge on any atom is -0.508 e. The second kappa shape index (κ2) is 7.69. The normalized spacial score (nSPS) is 11.0. The van der Waals surface area contributed by atoms with Gasteiger partial charge in [-0.05, 0) is 48.9 Å². The number of benzene rings is 2. The molecular formula is C19H13ClN2O4S. The van der Waals surface area contributed by atoms with E-state index in [4.69, 9.17) is 11.6 Å². The summed E-state index contributed by atoms with van der Waals surface area (Å²) in [5.74, 6) is -0.0871. The maximum Gasteiger partial charge on any atom is 0.288 e. The minimum absolute atomic E-state index is 0.0420. The zero-order chi connectivity index (χ0) is 19.6. The number of phenolic OH excluding ortho intramolecular Hbond substituents is 1. The Balaban J connectivity index is 1.84. The van der Waals surface area contributed by atoms with E-state index in [1.807, 2.05) is 0 Å². The molecule has 0 radical (unpaired) electrons. The Morgan fingerprint density at radius 1 is 1.26 bits per heavy atom. The molecule has 3 rings (SSSR count). The molecule has 1 heterocycles. The van der Waals surface area contributed by atoms with Crippen LogP contribution in [0.1, 0.15) is 20.9 Å². The zero-order valence-corrected chi connectivity index (χ0v) is 15.6. The SMILES string of the molecule is Cc1nc(-c2ccc(O)cc2)sc1C(=O)/C=C/c1ccc(Cl)c([N+](=O)[O-])c1. The highest BCUT2D eigenvalue weighted by Gasteiger charge is 2.15. The number of phenols is 1. The number of nitro benzene ring substituents is 1. The highest BCUT2D eigenvalue weighted by molar-refractivity contribution is 7.17. The first-order valence-corrected chi connectivity index (χ1v) is 8.98. The topological polar surface area (TPSA) is 93.3 Å². The molecule has 8 heteroatoms. The predicted molar refractivity (Wildman–Crippen MR) is 105 cm³/mol. The van der Waals surface area contributed by atoms with E-state index >= 15 is 0 Å². The van der Waals surface area contributed by atoms with E-state index in [0.717, 1.165) is 5.56 Å². The van der Waals surface area contributed by atoms with Crippen molar-refractivity contribution in [3.8, 4) is 16.3 Å². The summed E-state index contributed by atoms with van der Waals surface area (Å²) in [6, 6.07) is 10.9. The summed E-state index contributed by atoms with van der Waals surface area (Å²) in [6.45, 7) is 1.74. The molecule has 0 saturated heterocycles. The summed E-state index contributed by atoms with van der Waals surface area (Å²) in [4.78, 5) is 27.8. The predicted octanol–water partition coefficient (Wildman–Crippen LogP) is 5.28. The first kappa shape index (κ1) is 18.8. The molecule has 136 valence electrons. The first-order chi connectivity index (χ1) is 12.8. The first-order valence-electron chi connectivity index (χ1n) is 7.78. The van der Waals surface area contributed by atoms with Crippen LogP contribution in [0.15, 0.2) is 48.5 Å². The number of aromatic nitrogens is 1. The van der Waals surface area contributed by atoms with Gasteiger partial charge in [-0.25, -0.2) is 4.98 Å². The van der Waals surface area contributed by atoms with Gasteiger partial charge in [-0.15, -0.1) is 11.3 Å². The molecule has 6 nitrogen and oxygen atoms in total. The van der Waals surface area contributed by atoms with Crippen molar-refractivity contribution in [3.05, 3.63) is 79.8 Å². The van der Waals surface area contributed by atoms with Gasteiger partial charge in [0.1, 0.15) is 15.8 Å². The number of aromatic hydroxyl groups is 1. The van der Waals surface area contributed by atoms with Gasteiger partial charge in [-0.2, -0.15) is 0 Å². The van der Waals surface area contributed by atoms with E-state index in [9.17, 15) is 20.0 Å². The van der Waals surface area contributed by atoms with Gasteiger partial charge in [0.05, 0.1) is 15.5 Å². The molecule has 0 aliphatic rings. The van der Waals surface area contributed by atoms with Gasteiger partial charge in [-0.3, -0.25) is 14.9 Å². The van der Waals surface area contributed by atoms with Crippen molar-refractivity contribution in [3.63, 3.8) is 0 Å². The van der Waals surface area contributed by atoms with E-state index in [-0.39, 0.29) is 22.2 Å². The second-order valence-electron chi connectivity index (χ2n) is 5.65. The summed E-state index contributed by atoms with van der Waals surface area (Å²) in [7, 11) is 0. The third-order valence-corrected chi connectivity index (χ3v) is 5.27. The van der Waals surface area contributed by atoms with Crippen LogP contribution in [-0.2, 0) is 0 Å². The summed E-state index contributed by atoms with van der Waals surface area (Å²) in [5.41, 5.74) is 1.69. The average molecular weight is 401 g/mol. The zero-order valence-electron chi connectivity index (χ0n) is 14.0. The molecule has 1 N–H and O–H groups in total. The van der Waals surface area contributed by atoms with Crippen molar-refractivity contribution in [2.75, 3.05) is 0 Å². The van der Waals surface area contributed by atoms with Crippen LogP contribution in [0, 0.1) is 17.0 Å². The number of nitrogens with zero attached hydrogens (tertiary/aromatic N) is 2. The Hall–Kier alpha value is -3.03. The van der Waals surface area contributed by atoms with Crippen LogP contribution in [0.5, 0.6) is 5.75 Å². The van der Waals surface area contributed by atoms with E-state index in [1.165, 1.54) is 35.6 Å². The fourth-order valence-electron chi connectivity index (χ4n) is 2.37. The van der Waals surface area contributed by atoms with Gasteiger partial charge < -0.3 is 5.11 Å². The van der Waals surface area contributed by atoms with Gasteiger partial charge in [0.25, 0.3) is 5.69 Å². The number of halogens is 1. The van der Waals surface area contributed by atoms with Crippen LogP contribution in [0.2, 0.25) is 5.02 Å². The molecule has 0 unspecified atom stereocenters. The second-order valence-corrected chi connectivity index (χ2v) is 7.05. The number of ketones is 1. The summed E-state index contributed by atoms with van der Waals surface area (Å²) < 4.78 is 0. The average Bonchev–Trinajstić information content (AvgIpc) is 3.03. The van der Waals surface area contributed by atoms with Gasteiger partial charge in [0.15, 0.2) is 5.78 Å². The van der Waals surface area contributed by atoms with Crippen LogP contribution in [0.4, 0.5) is 5.69 Å². The third-order valence-electron chi connectivity index (χ3n) is 3.73. The van der Waals surface area contributed by atoms with Crippen molar-refractivity contribution in [2.45, 2.75) is 6.92 Å². The highest BCUT2D eigenvalue weighted by Crippen LogP contribution is 2.30. The Labute approximate surface area is 163 Å². The molecule has 2 aromatic carbocycles. The van der Waals surface area contributed by atoms with Gasteiger partial charge in [0.2, 0.25) is 0 Å². The summed E-state index contributed by atoms with van der Waals surface area (Å²) >= 11 is 7.04. The molecule has 0 amide bonds. The Bertz CT molecular complexity index is 1060. The Morgan fingerprint density at radius 3 is 2.63 bits per heavy atom. The molecule has 0 spiro atoms. The molecular weight excluding hydrogens is 388 g/mol. The van der Waals surface area contributed by atoms with E-state index in [0.29, 0.717) is 21.1 Å². The number of thiazole rings is 1. The van der Waals surface area contributed by atoms with Crippen molar-refractivity contribution in [2.24, 2.45) is 0 Å². The number of allylic oxidation sites excluding steroid dienone is 1. The number of carbonyl (C=O) groups is 1. The highest BCUT2D eigenvalue weighted by atomic mass is 35.5. The van der Waals surface area contributed by atoms with Crippen molar-refractivity contribution in [1.82, 2.24) is 4.98 Å². The summed E-state index contributed by atoms with van der Waals surface area (Å²) in [5, 5.41) is 21.0. The van der Waals surface area contributed by atoms with Crippen LogP contribution in [-0.4, -0.2) is 20.8 Å². The van der Waals surface area contributed by atoms with Gasteiger partial charge >= 0.3 is 0 Å². The smallest absolute Gasteiger partial charge is 0.288 e. The van der Waals surface area contributed by atoms with Crippen LogP contribution in [0.25, 0.3) is 16.6 Å². The monoisotopic (exact) mass is 400 g/mol. The van der Waals surface area contributed by atoms with E-state index in [1.54, 1.807) is 37.3 Å². The van der Waals surface area contributed by atoms with Gasteiger partial charge in [0, 0.05) is 11.6 Å². The number of hydrogen-bond donors (Lipinski definition) is 1. The van der Waals surface area contributed by atoms with Crippen molar-refractivity contribution < 1.29 is 14.8 Å². The fraction of sp³-hybridized carbons (Fsp3) is 0.0526. The lowest BCUT2D eigenvalue weighted by Gasteiger charge is -1.97. The Morgan fingerprint density at radius 2 is 1.96 bits per heavy atom. The fourth-order valence-corrected chi connectivity index (χ4v) is 3.55. The lowest BCUT2D eigenvalue weighted by atomic mass is 10.1. The van der Waals surface area contributed by atoms with E-state index in [2.05, 4.69) is 4.98 Å². The lowest BCUT2D eigenvalue weighted by molar-refractivity contribution is -0.384. The minimum atomic E-state index is -0.571. The number of rotatable bonds is 5. The largest absolute Gasteiger partial charge is 0.508 e. The maximum absolute atomic E-state index is 12.5. The molecule has 0 aliphatic heterocycles. The van der Waals surface area contributed by atoms with Crippen molar-refractivity contribution in [1.29, 1.82) is 0 Å². The molecule has 0 fully saturated rings. The number of hydrogen-bond acceptors (Lipinski definition) is 6. The van der Waals surface area contributed by atoms with Crippen LogP contribution >= 0.6 is 22.9 Å². The van der Waals surface area contributed by atoms with Crippen LogP contribution in [0.3, 0.4) is 0 Å². The number of nitro groups is 1. The Kier molecular flexibility index (Phi) is 5.34. The molecule has 1 aromatic heterocycles. The number of carbonyl (C=O) groups excluding carboxylic acids is 1. The van der Waals surface area contributed by atoms with Crippen molar-refractivity contribution >= 4 is 40.5 Å². The van der Waals surface area contributed by atoms with Crippen LogP contribution < -0.4 is 0 Å². The quantitative estimate of drug-likeness (QED) is 0.272.